The Balaban J connectivity index is 1.53. The standard InChI is InChI=1S/C23H16N2O3S/c1-14-10-11-20-18(12-14)25(17-8-4-5-9-19(17)29-20)21(26)13-24-22(27)15-6-2-3-7-16(15)23(24)28/h2-12H,13H2,1H3. The van der Waals surface area contributed by atoms with E-state index in [-0.39, 0.29) is 12.5 Å². The van der Waals surface area contributed by atoms with E-state index in [0.29, 0.717) is 11.1 Å². The highest BCUT2D eigenvalue weighted by Gasteiger charge is 2.38. The van der Waals surface area contributed by atoms with Crippen LogP contribution in [0.3, 0.4) is 0 Å². The van der Waals surface area contributed by atoms with Gasteiger partial charge in [0.25, 0.3) is 17.7 Å². The molecule has 5 nitrogen and oxygen atoms in total. The van der Waals surface area contributed by atoms with Crippen LogP contribution in [0.5, 0.6) is 0 Å². The first-order chi connectivity index (χ1) is 14.0. The second-order valence-electron chi connectivity index (χ2n) is 7.01. The summed E-state index contributed by atoms with van der Waals surface area (Å²) in [5.41, 5.74) is 3.25. The lowest BCUT2D eigenvalue weighted by Crippen LogP contribution is -2.41. The molecule has 0 bridgehead atoms. The molecule has 0 unspecified atom stereocenters. The normalized spacial score (nSPS) is 14.5. The summed E-state index contributed by atoms with van der Waals surface area (Å²) in [6.07, 6.45) is 0. The van der Waals surface area contributed by atoms with Crippen molar-refractivity contribution < 1.29 is 14.4 Å². The summed E-state index contributed by atoms with van der Waals surface area (Å²) >= 11 is 1.60. The molecule has 0 atom stereocenters. The fourth-order valence-corrected chi connectivity index (χ4v) is 4.76. The van der Waals surface area contributed by atoms with Gasteiger partial charge in [-0.1, -0.05) is 42.1 Å². The number of nitrogens with zero attached hydrogens (tertiary/aromatic N) is 2. The van der Waals surface area contributed by atoms with Gasteiger partial charge in [-0.05, 0) is 48.9 Å². The molecule has 0 saturated carbocycles. The Hall–Kier alpha value is -3.38. The number of imide groups is 1. The van der Waals surface area contributed by atoms with Crippen LogP contribution in [0.1, 0.15) is 26.3 Å². The van der Waals surface area contributed by atoms with Crippen molar-refractivity contribution in [3.63, 3.8) is 0 Å². The SMILES string of the molecule is Cc1ccc2c(c1)N(C(=O)CN1C(=O)c3ccccc3C1=O)c1ccccc1S2. The van der Waals surface area contributed by atoms with Gasteiger partial charge < -0.3 is 0 Å². The van der Waals surface area contributed by atoms with E-state index in [0.717, 1.165) is 31.6 Å². The van der Waals surface area contributed by atoms with E-state index >= 15 is 0 Å². The topological polar surface area (TPSA) is 57.7 Å². The molecular weight excluding hydrogens is 384 g/mol. The molecule has 2 heterocycles. The molecule has 142 valence electrons. The molecule has 2 aliphatic heterocycles. The van der Waals surface area contributed by atoms with Crippen LogP contribution in [0.25, 0.3) is 0 Å². The average molecular weight is 400 g/mol. The molecule has 5 rings (SSSR count). The monoisotopic (exact) mass is 400 g/mol. The van der Waals surface area contributed by atoms with Crippen LogP contribution >= 0.6 is 11.8 Å². The number of hydrogen-bond donors (Lipinski definition) is 0. The number of carbonyl (C=O) groups is 3. The Morgan fingerprint density at radius 2 is 1.45 bits per heavy atom. The highest BCUT2D eigenvalue weighted by molar-refractivity contribution is 7.99. The summed E-state index contributed by atoms with van der Waals surface area (Å²) < 4.78 is 0. The molecular formula is C23H16N2O3S. The number of carbonyl (C=O) groups excluding carboxylic acids is 3. The summed E-state index contributed by atoms with van der Waals surface area (Å²) in [5.74, 6) is -1.18. The van der Waals surface area contributed by atoms with Gasteiger partial charge >= 0.3 is 0 Å². The van der Waals surface area contributed by atoms with Gasteiger partial charge in [0.15, 0.2) is 0 Å². The number of rotatable bonds is 2. The van der Waals surface area contributed by atoms with Gasteiger partial charge in [0.05, 0.1) is 22.5 Å². The van der Waals surface area contributed by atoms with Crippen molar-refractivity contribution in [3.8, 4) is 0 Å². The third-order valence-corrected chi connectivity index (χ3v) is 6.23. The van der Waals surface area contributed by atoms with E-state index < -0.39 is 11.8 Å². The lowest BCUT2D eigenvalue weighted by molar-refractivity contribution is -0.118. The summed E-state index contributed by atoms with van der Waals surface area (Å²) in [6, 6.07) is 20.3. The Morgan fingerprint density at radius 1 is 0.828 bits per heavy atom. The third kappa shape index (κ3) is 2.76. The molecule has 0 saturated heterocycles. The van der Waals surface area contributed by atoms with Gasteiger partial charge in [0, 0.05) is 9.79 Å². The molecule has 3 aromatic carbocycles. The van der Waals surface area contributed by atoms with Gasteiger partial charge in [-0.15, -0.1) is 0 Å². The molecule has 0 radical (unpaired) electrons. The molecule has 3 amide bonds. The molecule has 0 aliphatic carbocycles. The maximum Gasteiger partial charge on any atom is 0.262 e. The number of fused-ring (bicyclic) bond motifs is 3. The van der Waals surface area contributed by atoms with Gasteiger partial charge in [-0.3, -0.25) is 24.2 Å². The lowest BCUT2D eigenvalue weighted by Gasteiger charge is -2.32. The number of benzene rings is 3. The molecule has 0 spiro atoms. The van der Waals surface area contributed by atoms with Gasteiger partial charge in [-0.2, -0.15) is 0 Å². The Morgan fingerprint density at radius 3 is 2.17 bits per heavy atom. The molecule has 0 N–H and O–H groups in total. The molecule has 3 aromatic rings. The predicted molar refractivity (Wildman–Crippen MR) is 111 cm³/mol. The smallest absolute Gasteiger partial charge is 0.262 e. The van der Waals surface area contributed by atoms with Crippen LogP contribution in [0.15, 0.2) is 76.5 Å². The summed E-state index contributed by atoms with van der Waals surface area (Å²) in [4.78, 5) is 43.4. The van der Waals surface area contributed by atoms with E-state index in [1.807, 2.05) is 49.4 Å². The summed E-state index contributed by atoms with van der Waals surface area (Å²) in [6.45, 7) is 1.66. The number of anilines is 2. The van der Waals surface area contributed by atoms with E-state index in [2.05, 4.69) is 0 Å². The van der Waals surface area contributed by atoms with Crippen molar-refractivity contribution in [2.45, 2.75) is 16.7 Å². The predicted octanol–water partition coefficient (Wildman–Crippen LogP) is 4.42. The minimum Gasteiger partial charge on any atom is -0.277 e. The Bertz CT molecular complexity index is 1170. The molecule has 0 aromatic heterocycles. The van der Waals surface area contributed by atoms with Crippen molar-refractivity contribution in [2.24, 2.45) is 0 Å². The second kappa shape index (κ2) is 6.60. The van der Waals surface area contributed by atoms with Crippen molar-refractivity contribution in [1.82, 2.24) is 4.90 Å². The number of amides is 3. The van der Waals surface area contributed by atoms with Crippen LogP contribution in [0.4, 0.5) is 11.4 Å². The Kier molecular flexibility index (Phi) is 4.03. The average Bonchev–Trinajstić information content (AvgIpc) is 2.97. The largest absolute Gasteiger partial charge is 0.277 e. The number of aryl methyl sites for hydroxylation is 1. The van der Waals surface area contributed by atoms with E-state index in [4.69, 9.17) is 0 Å². The first-order valence-electron chi connectivity index (χ1n) is 9.20. The van der Waals surface area contributed by atoms with E-state index in [9.17, 15) is 14.4 Å². The molecule has 0 fully saturated rings. The quantitative estimate of drug-likeness (QED) is 0.598. The number of hydrogen-bond acceptors (Lipinski definition) is 4. The van der Waals surface area contributed by atoms with Gasteiger partial charge in [-0.25, -0.2) is 0 Å². The second-order valence-corrected chi connectivity index (χ2v) is 8.10. The van der Waals surface area contributed by atoms with Crippen molar-refractivity contribution in [1.29, 1.82) is 0 Å². The van der Waals surface area contributed by atoms with Crippen molar-refractivity contribution in [3.05, 3.63) is 83.4 Å². The maximum absolute atomic E-state index is 13.4. The first-order valence-corrected chi connectivity index (χ1v) is 10.0. The zero-order valence-electron chi connectivity index (χ0n) is 15.6. The van der Waals surface area contributed by atoms with Crippen molar-refractivity contribution in [2.75, 3.05) is 11.4 Å². The highest BCUT2D eigenvalue weighted by atomic mass is 32.2. The van der Waals surface area contributed by atoms with Crippen LogP contribution in [-0.4, -0.2) is 29.2 Å². The number of para-hydroxylation sites is 1. The zero-order chi connectivity index (χ0) is 20.1. The highest BCUT2D eigenvalue weighted by Crippen LogP contribution is 2.48. The zero-order valence-corrected chi connectivity index (χ0v) is 16.4. The fraction of sp³-hybridized carbons (Fsp3) is 0.0870. The van der Waals surface area contributed by atoms with E-state index in [1.54, 1.807) is 40.9 Å². The fourth-order valence-electron chi connectivity index (χ4n) is 3.72. The van der Waals surface area contributed by atoms with Crippen LogP contribution in [0, 0.1) is 6.92 Å². The maximum atomic E-state index is 13.4. The van der Waals surface area contributed by atoms with E-state index in [1.165, 1.54) is 0 Å². The van der Waals surface area contributed by atoms with Crippen molar-refractivity contribution >= 4 is 40.9 Å². The molecule has 6 heteroatoms. The third-order valence-electron chi connectivity index (χ3n) is 5.10. The molecule has 29 heavy (non-hydrogen) atoms. The van der Waals surface area contributed by atoms with Crippen LogP contribution in [0.2, 0.25) is 0 Å². The van der Waals surface area contributed by atoms with Gasteiger partial charge in [0.2, 0.25) is 0 Å². The molecule has 2 aliphatic rings. The first kappa shape index (κ1) is 17.7. The van der Waals surface area contributed by atoms with Crippen LogP contribution < -0.4 is 4.90 Å². The Labute approximate surface area is 171 Å². The van der Waals surface area contributed by atoms with Gasteiger partial charge in [0.1, 0.15) is 6.54 Å². The van der Waals surface area contributed by atoms with Crippen LogP contribution in [-0.2, 0) is 4.79 Å². The minimum atomic E-state index is -0.428. The minimum absolute atomic E-state index is 0.307. The lowest BCUT2D eigenvalue weighted by atomic mass is 10.1. The summed E-state index contributed by atoms with van der Waals surface area (Å²) in [5, 5.41) is 0. The summed E-state index contributed by atoms with van der Waals surface area (Å²) in [7, 11) is 0.